The lowest BCUT2D eigenvalue weighted by Crippen LogP contribution is -2.23. The SMILES string of the molecule is CNCc1cccc(OCC2CCC(C)(C)O2)c1. The van der Waals surface area contributed by atoms with Crippen LogP contribution >= 0.6 is 0 Å². The lowest BCUT2D eigenvalue weighted by atomic mass is 10.1. The maximum absolute atomic E-state index is 5.91. The van der Waals surface area contributed by atoms with Gasteiger partial charge in [-0.25, -0.2) is 0 Å². The van der Waals surface area contributed by atoms with Gasteiger partial charge in [0.25, 0.3) is 0 Å². The first kappa shape index (κ1) is 13.4. The third-order valence-corrected chi connectivity index (χ3v) is 3.27. The first-order valence-corrected chi connectivity index (χ1v) is 6.63. The van der Waals surface area contributed by atoms with Crippen LogP contribution in [0.3, 0.4) is 0 Å². The van der Waals surface area contributed by atoms with E-state index in [-0.39, 0.29) is 11.7 Å². The molecule has 2 rings (SSSR count). The zero-order valence-corrected chi connectivity index (χ0v) is 11.5. The summed E-state index contributed by atoms with van der Waals surface area (Å²) >= 11 is 0. The fourth-order valence-corrected chi connectivity index (χ4v) is 2.33. The maximum atomic E-state index is 5.91. The van der Waals surface area contributed by atoms with Crippen LogP contribution in [0.1, 0.15) is 32.3 Å². The van der Waals surface area contributed by atoms with E-state index < -0.39 is 0 Å². The summed E-state index contributed by atoms with van der Waals surface area (Å²) in [6, 6.07) is 8.20. The first-order valence-electron chi connectivity index (χ1n) is 6.63. The normalized spacial score (nSPS) is 22.1. The predicted molar refractivity (Wildman–Crippen MR) is 72.9 cm³/mol. The molecule has 3 nitrogen and oxygen atoms in total. The summed E-state index contributed by atoms with van der Waals surface area (Å²) in [7, 11) is 1.95. The standard InChI is InChI=1S/C15H23NO2/c1-15(2)8-7-14(18-15)11-17-13-6-4-5-12(9-13)10-16-3/h4-6,9,14,16H,7-8,10-11H2,1-3H3. The summed E-state index contributed by atoms with van der Waals surface area (Å²) in [5.74, 6) is 0.927. The molecule has 1 heterocycles. The van der Waals surface area contributed by atoms with Crippen molar-refractivity contribution in [3.05, 3.63) is 29.8 Å². The number of nitrogens with one attached hydrogen (secondary N) is 1. The topological polar surface area (TPSA) is 30.5 Å². The van der Waals surface area contributed by atoms with Crippen LogP contribution in [0.25, 0.3) is 0 Å². The summed E-state index contributed by atoms with van der Waals surface area (Å²) < 4.78 is 11.7. The zero-order chi connectivity index (χ0) is 13.0. The van der Waals surface area contributed by atoms with Crippen LogP contribution in [0, 0.1) is 0 Å². The van der Waals surface area contributed by atoms with Crippen molar-refractivity contribution in [3.63, 3.8) is 0 Å². The van der Waals surface area contributed by atoms with Crippen LogP contribution in [0.4, 0.5) is 0 Å². The van der Waals surface area contributed by atoms with E-state index in [1.165, 1.54) is 5.56 Å². The highest BCUT2D eigenvalue weighted by Gasteiger charge is 2.31. The summed E-state index contributed by atoms with van der Waals surface area (Å²) in [6.07, 6.45) is 2.43. The second kappa shape index (κ2) is 5.72. The van der Waals surface area contributed by atoms with Gasteiger partial charge in [0.1, 0.15) is 12.4 Å². The molecule has 1 unspecified atom stereocenters. The Labute approximate surface area is 109 Å². The lowest BCUT2D eigenvalue weighted by molar-refractivity contribution is -0.0326. The van der Waals surface area contributed by atoms with E-state index in [0.29, 0.717) is 6.61 Å². The van der Waals surface area contributed by atoms with Crippen LogP contribution in [-0.2, 0) is 11.3 Å². The molecule has 1 aliphatic heterocycles. The number of ether oxygens (including phenoxy) is 2. The third kappa shape index (κ3) is 3.72. The van der Waals surface area contributed by atoms with Gasteiger partial charge in [-0.15, -0.1) is 0 Å². The van der Waals surface area contributed by atoms with Crippen molar-refractivity contribution in [2.75, 3.05) is 13.7 Å². The van der Waals surface area contributed by atoms with E-state index in [1.807, 2.05) is 19.2 Å². The minimum atomic E-state index is 0.0159. The molecule has 3 heteroatoms. The van der Waals surface area contributed by atoms with E-state index in [9.17, 15) is 0 Å². The minimum absolute atomic E-state index is 0.0159. The Balaban J connectivity index is 1.85. The third-order valence-electron chi connectivity index (χ3n) is 3.27. The largest absolute Gasteiger partial charge is 0.491 e. The molecule has 0 saturated carbocycles. The summed E-state index contributed by atoms with van der Waals surface area (Å²) in [6.45, 7) is 5.79. The summed E-state index contributed by atoms with van der Waals surface area (Å²) in [5.41, 5.74) is 1.25. The Morgan fingerprint density at radius 2 is 2.28 bits per heavy atom. The first-order chi connectivity index (χ1) is 8.59. The van der Waals surface area contributed by atoms with E-state index in [0.717, 1.165) is 25.1 Å². The molecule has 1 fully saturated rings. The molecule has 1 saturated heterocycles. The zero-order valence-electron chi connectivity index (χ0n) is 11.5. The second-order valence-electron chi connectivity index (χ2n) is 5.53. The van der Waals surface area contributed by atoms with Crippen molar-refractivity contribution in [3.8, 4) is 5.75 Å². The Kier molecular flexibility index (Phi) is 4.25. The second-order valence-corrected chi connectivity index (χ2v) is 5.53. The van der Waals surface area contributed by atoms with Gasteiger partial charge in [-0.2, -0.15) is 0 Å². The van der Waals surface area contributed by atoms with Crippen LogP contribution in [0.15, 0.2) is 24.3 Å². The number of benzene rings is 1. The van der Waals surface area contributed by atoms with E-state index in [2.05, 4.69) is 31.3 Å². The average molecular weight is 249 g/mol. The Morgan fingerprint density at radius 1 is 1.44 bits per heavy atom. The maximum Gasteiger partial charge on any atom is 0.119 e. The molecular weight excluding hydrogens is 226 g/mol. The molecular formula is C15H23NO2. The summed E-state index contributed by atoms with van der Waals surface area (Å²) in [4.78, 5) is 0. The van der Waals surface area contributed by atoms with Crippen LogP contribution in [0.2, 0.25) is 0 Å². The molecule has 0 amide bonds. The molecule has 0 aliphatic carbocycles. The molecule has 1 aromatic rings. The van der Waals surface area contributed by atoms with Crippen LogP contribution in [0.5, 0.6) is 5.75 Å². The summed E-state index contributed by atoms with van der Waals surface area (Å²) in [5, 5.41) is 3.14. The molecule has 18 heavy (non-hydrogen) atoms. The van der Waals surface area contributed by atoms with Crippen molar-refractivity contribution in [2.24, 2.45) is 0 Å². The Bertz CT molecular complexity index is 390. The predicted octanol–water partition coefficient (Wildman–Crippen LogP) is 2.74. The molecule has 1 aromatic carbocycles. The van der Waals surface area contributed by atoms with Gasteiger partial charge in [-0.1, -0.05) is 12.1 Å². The Hall–Kier alpha value is -1.06. The molecule has 1 aliphatic rings. The number of hydrogen-bond donors (Lipinski definition) is 1. The molecule has 100 valence electrons. The highest BCUT2D eigenvalue weighted by Crippen LogP contribution is 2.29. The van der Waals surface area contributed by atoms with Crippen molar-refractivity contribution in [1.29, 1.82) is 0 Å². The monoisotopic (exact) mass is 249 g/mol. The molecule has 0 aromatic heterocycles. The van der Waals surface area contributed by atoms with Crippen molar-refractivity contribution < 1.29 is 9.47 Å². The van der Waals surface area contributed by atoms with Gasteiger partial charge in [0.05, 0.1) is 11.7 Å². The molecule has 0 spiro atoms. The van der Waals surface area contributed by atoms with Crippen LogP contribution < -0.4 is 10.1 Å². The Morgan fingerprint density at radius 3 is 2.94 bits per heavy atom. The fourth-order valence-electron chi connectivity index (χ4n) is 2.33. The van der Waals surface area contributed by atoms with E-state index >= 15 is 0 Å². The quantitative estimate of drug-likeness (QED) is 0.870. The smallest absolute Gasteiger partial charge is 0.119 e. The van der Waals surface area contributed by atoms with Gasteiger partial charge in [-0.3, -0.25) is 0 Å². The van der Waals surface area contributed by atoms with Gasteiger partial charge in [0.2, 0.25) is 0 Å². The van der Waals surface area contributed by atoms with E-state index in [4.69, 9.17) is 9.47 Å². The van der Waals surface area contributed by atoms with Gasteiger partial charge >= 0.3 is 0 Å². The fraction of sp³-hybridized carbons (Fsp3) is 0.600. The van der Waals surface area contributed by atoms with Gasteiger partial charge < -0.3 is 14.8 Å². The molecule has 1 N–H and O–H groups in total. The average Bonchev–Trinajstić information content (AvgIpc) is 2.68. The lowest BCUT2D eigenvalue weighted by Gasteiger charge is -2.19. The van der Waals surface area contributed by atoms with Crippen molar-refractivity contribution in [1.82, 2.24) is 5.32 Å². The number of rotatable bonds is 5. The molecule has 0 bridgehead atoms. The van der Waals surface area contributed by atoms with Crippen molar-refractivity contribution in [2.45, 2.75) is 44.9 Å². The molecule has 1 atom stereocenters. The highest BCUT2D eigenvalue weighted by molar-refractivity contribution is 5.28. The van der Waals surface area contributed by atoms with Crippen molar-refractivity contribution >= 4 is 0 Å². The number of hydrogen-bond acceptors (Lipinski definition) is 3. The van der Waals surface area contributed by atoms with Gasteiger partial charge in [0.15, 0.2) is 0 Å². The molecule has 0 radical (unpaired) electrons. The van der Waals surface area contributed by atoms with Crippen LogP contribution in [-0.4, -0.2) is 25.4 Å². The highest BCUT2D eigenvalue weighted by atomic mass is 16.6. The van der Waals surface area contributed by atoms with E-state index in [1.54, 1.807) is 0 Å². The minimum Gasteiger partial charge on any atom is -0.491 e. The van der Waals surface area contributed by atoms with Gasteiger partial charge in [-0.05, 0) is 51.4 Å². The van der Waals surface area contributed by atoms with Gasteiger partial charge in [0, 0.05) is 6.54 Å².